The summed E-state index contributed by atoms with van der Waals surface area (Å²) in [6.07, 6.45) is 0.640. The molecule has 0 atom stereocenters. The van der Waals surface area contributed by atoms with Crippen LogP contribution in [0.4, 0.5) is 5.69 Å². The Morgan fingerprint density at radius 2 is 1.52 bits per heavy atom. The van der Waals surface area contributed by atoms with Gasteiger partial charge in [-0.25, -0.2) is 8.42 Å². The summed E-state index contributed by atoms with van der Waals surface area (Å²) in [6.45, 7) is 1.06. The zero-order chi connectivity index (χ0) is 28.3. The van der Waals surface area contributed by atoms with E-state index in [0.29, 0.717) is 25.1 Å². The number of ether oxygens (including phenoxy) is 1. The predicted molar refractivity (Wildman–Crippen MR) is 152 cm³/mol. The molecule has 2 amide bonds. The molecular formula is C30H34N4O5S. The maximum atomic E-state index is 14.0. The fraction of sp³-hybridized carbons (Fsp3) is 0.333. The van der Waals surface area contributed by atoms with Crippen LogP contribution in [0.25, 0.3) is 0 Å². The summed E-state index contributed by atoms with van der Waals surface area (Å²) in [6, 6.07) is 25.7. The Balaban J connectivity index is 1.34. The minimum atomic E-state index is -3.73. The molecule has 0 aliphatic carbocycles. The van der Waals surface area contributed by atoms with Crippen LogP contribution >= 0.6 is 0 Å². The average Bonchev–Trinajstić information content (AvgIpc) is 3.24. The van der Waals surface area contributed by atoms with E-state index in [-0.39, 0.29) is 43.0 Å². The van der Waals surface area contributed by atoms with E-state index >= 15 is 0 Å². The van der Waals surface area contributed by atoms with Crippen LogP contribution in [0.1, 0.15) is 18.4 Å². The normalized spacial score (nSPS) is 17.3. The highest BCUT2D eigenvalue weighted by Crippen LogP contribution is 2.40. The van der Waals surface area contributed by atoms with Crippen molar-refractivity contribution >= 4 is 27.5 Å². The quantitative estimate of drug-likeness (QED) is 0.419. The van der Waals surface area contributed by atoms with Gasteiger partial charge in [-0.2, -0.15) is 4.31 Å². The molecule has 10 heteroatoms. The lowest BCUT2D eigenvalue weighted by Gasteiger charge is -2.42. The Labute approximate surface area is 235 Å². The molecule has 3 aromatic carbocycles. The maximum absolute atomic E-state index is 14.0. The van der Waals surface area contributed by atoms with Crippen molar-refractivity contribution in [1.82, 2.24) is 14.1 Å². The first-order valence-corrected chi connectivity index (χ1v) is 14.7. The summed E-state index contributed by atoms with van der Waals surface area (Å²) in [5.74, 6) is 0.289. The van der Waals surface area contributed by atoms with Crippen molar-refractivity contribution in [3.63, 3.8) is 0 Å². The van der Waals surface area contributed by atoms with Gasteiger partial charge in [-0.15, -0.1) is 0 Å². The number of carbonyl (C=O) groups is 2. The molecule has 2 aliphatic rings. The van der Waals surface area contributed by atoms with Crippen molar-refractivity contribution in [1.29, 1.82) is 0 Å². The number of para-hydroxylation sites is 1. The number of rotatable bonds is 8. The molecule has 9 nitrogen and oxygen atoms in total. The molecule has 0 N–H and O–H groups in total. The first kappa shape index (κ1) is 27.7. The number of sulfonamides is 1. The lowest BCUT2D eigenvalue weighted by molar-refractivity contribution is -0.140. The second-order valence-corrected chi connectivity index (χ2v) is 12.2. The number of methoxy groups -OCH3 is 1. The Hall–Kier alpha value is -3.89. The van der Waals surface area contributed by atoms with Crippen molar-refractivity contribution < 1.29 is 22.7 Å². The van der Waals surface area contributed by atoms with Crippen LogP contribution in [0.5, 0.6) is 5.75 Å². The van der Waals surface area contributed by atoms with Gasteiger partial charge in [0.2, 0.25) is 21.8 Å². The molecule has 2 aliphatic heterocycles. The smallest absolute Gasteiger partial charge is 0.250 e. The van der Waals surface area contributed by atoms with E-state index in [1.165, 1.54) is 23.5 Å². The number of amides is 2. The first-order valence-electron chi connectivity index (χ1n) is 13.3. The van der Waals surface area contributed by atoms with E-state index in [2.05, 4.69) is 0 Å². The van der Waals surface area contributed by atoms with Gasteiger partial charge in [0.05, 0.1) is 18.7 Å². The Bertz CT molecular complexity index is 1440. The first-order chi connectivity index (χ1) is 19.2. The number of hydrogen-bond donors (Lipinski definition) is 0. The fourth-order valence-electron chi connectivity index (χ4n) is 5.55. The van der Waals surface area contributed by atoms with Gasteiger partial charge < -0.3 is 19.4 Å². The third-order valence-corrected chi connectivity index (χ3v) is 9.76. The molecule has 0 saturated carbocycles. The Morgan fingerprint density at radius 3 is 2.12 bits per heavy atom. The zero-order valence-corrected chi connectivity index (χ0v) is 23.6. The van der Waals surface area contributed by atoms with Gasteiger partial charge in [-0.3, -0.25) is 9.59 Å². The van der Waals surface area contributed by atoms with E-state index in [9.17, 15) is 18.0 Å². The molecule has 0 radical (unpaired) electrons. The van der Waals surface area contributed by atoms with Gasteiger partial charge >= 0.3 is 0 Å². The van der Waals surface area contributed by atoms with Gasteiger partial charge in [0.1, 0.15) is 17.8 Å². The van der Waals surface area contributed by atoms with Crippen LogP contribution in [0, 0.1) is 0 Å². The fourth-order valence-corrected chi connectivity index (χ4v) is 6.99. The van der Waals surface area contributed by atoms with Gasteiger partial charge in [-0.05, 0) is 54.8 Å². The molecule has 1 spiro atoms. The molecule has 0 unspecified atom stereocenters. The van der Waals surface area contributed by atoms with Crippen LogP contribution in [-0.4, -0.2) is 80.3 Å². The Kier molecular flexibility index (Phi) is 7.82. The molecule has 40 heavy (non-hydrogen) atoms. The number of carbonyl (C=O) groups excluding carboxylic acids is 2. The SMILES string of the molecule is COc1ccc(S(=O)(=O)N2CCC3(CC2)C(=O)N(CC(=O)N(C)Cc2ccccc2)CN3c2ccccc2)cc1. The van der Waals surface area contributed by atoms with E-state index in [1.807, 2.05) is 65.6 Å². The molecule has 210 valence electrons. The summed E-state index contributed by atoms with van der Waals surface area (Å²) in [5, 5.41) is 0. The minimum Gasteiger partial charge on any atom is -0.497 e. The van der Waals surface area contributed by atoms with E-state index in [0.717, 1.165) is 11.3 Å². The van der Waals surface area contributed by atoms with Gasteiger partial charge in [0.15, 0.2) is 0 Å². The van der Waals surface area contributed by atoms with Gasteiger partial charge in [-0.1, -0.05) is 48.5 Å². The number of nitrogens with zero attached hydrogens (tertiary/aromatic N) is 4. The van der Waals surface area contributed by atoms with Crippen molar-refractivity contribution in [3.05, 3.63) is 90.5 Å². The number of benzene rings is 3. The highest BCUT2D eigenvalue weighted by Gasteiger charge is 2.55. The second-order valence-electron chi connectivity index (χ2n) is 10.3. The Morgan fingerprint density at radius 1 is 0.925 bits per heavy atom. The predicted octanol–water partition coefficient (Wildman–Crippen LogP) is 3.18. The molecule has 0 bridgehead atoms. The molecule has 3 aromatic rings. The molecule has 0 aromatic heterocycles. The standard InChI is InChI=1S/C30H34N4O5S/c1-31(21-24-9-5-3-6-10-24)28(35)22-32-23-34(25-11-7-4-8-12-25)30(29(32)36)17-19-33(20-18-30)40(37,38)27-15-13-26(39-2)14-16-27/h3-16H,17-23H2,1-2H3. The van der Waals surface area contributed by atoms with E-state index in [4.69, 9.17) is 4.74 Å². The topological polar surface area (TPSA) is 90.5 Å². The highest BCUT2D eigenvalue weighted by atomic mass is 32.2. The molecular weight excluding hydrogens is 528 g/mol. The molecule has 5 rings (SSSR count). The third-order valence-electron chi connectivity index (χ3n) is 7.84. The molecule has 2 fully saturated rings. The largest absolute Gasteiger partial charge is 0.497 e. The van der Waals surface area contributed by atoms with Gasteiger partial charge in [0.25, 0.3) is 0 Å². The van der Waals surface area contributed by atoms with Crippen LogP contribution in [-0.2, 0) is 26.2 Å². The molecule has 2 heterocycles. The van der Waals surface area contributed by atoms with E-state index < -0.39 is 15.6 Å². The number of likely N-dealkylation sites (N-methyl/N-ethyl adjacent to an activating group) is 1. The van der Waals surface area contributed by atoms with Crippen LogP contribution < -0.4 is 9.64 Å². The van der Waals surface area contributed by atoms with Crippen molar-refractivity contribution in [2.45, 2.75) is 29.8 Å². The van der Waals surface area contributed by atoms with Gasteiger partial charge in [0, 0.05) is 32.4 Å². The molecule has 2 saturated heterocycles. The lowest BCUT2D eigenvalue weighted by Crippen LogP contribution is -2.57. The third kappa shape index (κ3) is 5.29. The van der Waals surface area contributed by atoms with Crippen molar-refractivity contribution in [3.8, 4) is 5.75 Å². The second kappa shape index (κ2) is 11.3. The maximum Gasteiger partial charge on any atom is 0.250 e. The lowest BCUT2D eigenvalue weighted by atomic mass is 9.86. The number of hydrogen-bond acceptors (Lipinski definition) is 6. The number of piperidine rings is 1. The highest BCUT2D eigenvalue weighted by molar-refractivity contribution is 7.89. The summed E-state index contributed by atoms with van der Waals surface area (Å²) < 4.78 is 33.4. The van der Waals surface area contributed by atoms with Crippen molar-refractivity contribution in [2.24, 2.45) is 0 Å². The minimum absolute atomic E-state index is 0.0406. The van der Waals surface area contributed by atoms with Crippen LogP contribution in [0.15, 0.2) is 89.8 Å². The summed E-state index contributed by atoms with van der Waals surface area (Å²) >= 11 is 0. The zero-order valence-electron chi connectivity index (χ0n) is 22.8. The van der Waals surface area contributed by atoms with Crippen LogP contribution in [0.3, 0.4) is 0 Å². The number of anilines is 1. The van der Waals surface area contributed by atoms with E-state index in [1.54, 1.807) is 29.0 Å². The summed E-state index contributed by atoms with van der Waals surface area (Å²) in [5.41, 5.74) is 0.958. The average molecular weight is 563 g/mol. The monoisotopic (exact) mass is 562 g/mol. The summed E-state index contributed by atoms with van der Waals surface area (Å²) in [4.78, 5) is 32.6. The van der Waals surface area contributed by atoms with Crippen LogP contribution in [0.2, 0.25) is 0 Å². The van der Waals surface area contributed by atoms with Crippen molar-refractivity contribution in [2.75, 3.05) is 45.4 Å². The summed E-state index contributed by atoms with van der Waals surface area (Å²) in [7, 11) is -0.463.